The predicted molar refractivity (Wildman–Crippen MR) is 109 cm³/mol. The molecule has 0 saturated heterocycles. The van der Waals surface area contributed by atoms with Crippen LogP contribution in [0.15, 0.2) is 69.5 Å². The van der Waals surface area contributed by atoms with Crippen LogP contribution in [-0.4, -0.2) is 26.4 Å². The third kappa shape index (κ3) is 2.58. The van der Waals surface area contributed by atoms with Gasteiger partial charge < -0.3 is 14.9 Å². The number of hydrogen-bond donors (Lipinski definition) is 4. The number of rotatable bonds is 2. The summed E-state index contributed by atoms with van der Waals surface area (Å²) in [7, 11) is 0. The van der Waals surface area contributed by atoms with E-state index in [0.29, 0.717) is 34.6 Å². The van der Waals surface area contributed by atoms with E-state index in [-0.39, 0.29) is 27.6 Å². The average Bonchev–Trinajstić information content (AvgIpc) is 2.73. The minimum absolute atomic E-state index is 0.00319. The normalized spacial score (nSPS) is 14.7. The molecule has 0 bridgehead atoms. The number of H-pyrrole nitrogens is 2. The van der Waals surface area contributed by atoms with Gasteiger partial charge in [-0.25, -0.2) is 4.79 Å². The van der Waals surface area contributed by atoms with Gasteiger partial charge in [-0.15, -0.1) is 0 Å². The van der Waals surface area contributed by atoms with Crippen LogP contribution in [0, 0.1) is 0 Å². The van der Waals surface area contributed by atoms with Gasteiger partial charge in [-0.2, -0.15) is 0 Å². The first-order valence-corrected chi connectivity index (χ1v) is 9.09. The van der Waals surface area contributed by atoms with Crippen molar-refractivity contribution in [2.45, 2.75) is 6.42 Å². The number of carboxylic acids is 1. The van der Waals surface area contributed by atoms with Crippen LogP contribution in [-0.2, 0) is 0 Å². The molecule has 0 unspecified atom stereocenters. The first-order valence-electron chi connectivity index (χ1n) is 9.09. The summed E-state index contributed by atoms with van der Waals surface area (Å²) >= 11 is 0. The van der Waals surface area contributed by atoms with E-state index in [0.717, 1.165) is 0 Å². The molecule has 148 valence electrons. The number of nitrogens with one attached hydrogen (secondary N) is 2. The zero-order valence-corrected chi connectivity index (χ0v) is 15.4. The molecule has 0 spiro atoms. The molecule has 0 amide bonds. The van der Waals surface area contributed by atoms with Crippen molar-refractivity contribution < 1.29 is 19.7 Å². The third-order valence-corrected chi connectivity index (χ3v) is 5.15. The summed E-state index contributed by atoms with van der Waals surface area (Å²) in [6.45, 7) is 0. The van der Waals surface area contributed by atoms with Gasteiger partial charge >= 0.3 is 5.97 Å². The minimum atomic E-state index is -1.24. The Balaban J connectivity index is 1.94. The molecule has 0 fully saturated rings. The molecule has 1 aromatic heterocycles. The highest BCUT2D eigenvalue weighted by molar-refractivity contribution is 6.04. The maximum absolute atomic E-state index is 12.3. The van der Waals surface area contributed by atoms with Gasteiger partial charge in [0.15, 0.2) is 0 Å². The number of carbonyl (C=O) groups is 1. The highest BCUT2D eigenvalue weighted by atomic mass is 16.5. The zero-order valence-electron chi connectivity index (χ0n) is 15.4. The average molecular weight is 402 g/mol. The van der Waals surface area contributed by atoms with Gasteiger partial charge in [-0.1, -0.05) is 12.2 Å². The topological polar surface area (TPSA) is 132 Å². The molecule has 4 N–H and O–H groups in total. The highest BCUT2D eigenvalue weighted by Gasteiger charge is 2.29. The van der Waals surface area contributed by atoms with E-state index in [2.05, 4.69) is 10.2 Å². The van der Waals surface area contributed by atoms with E-state index in [4.69, 9.17) is 4.74 Å². The predicted octanol–water partition coefficient (Wildman–Crippen LogP) is 2.66. The van der Waals surface area contributed by atoms with E-state index in [1.165, 1.54) is 24.3 Å². The van der Waals surface area contributed by atoms with Crippen LogP contribution in [0.1, 0.15) is 27.9 Å². The summed E-state index contributed by atoms with van der Waals surface area (Å²) in [5, 5.41) is 24.3. The number of aromatic amines is 2. The number of aromatic nitrogens is 2. The van der Waals surface area contributed by atoms with E-state index in [1.54, 1.807) is 6.07 Å². The molecule has 2 aromatic carbocycles. The molecule has 1 aliphatic carbocycles. The Kier molecular flexibility index (Phi) is 3.75. The molecular weight excluding hydrogens is 388 g/mol. The van der Waals surface area contributed by atoms with Gasteiger partial charge in [-0.05, 0) is 42.3 Å². The fourth-order valence-corrected chi connectivity index (χ4v) is 3.82. The van der Waals surface area contributed by atoms with Gasteiger partial charge in [0.05, 0.1) is 16.3 Å². The lowest BCUT2D eigenvalue weighted by Crippen LogP contribution is -2.20. The van der Waals surface area contributed by atoms with Crippen LogP contribution in [0.2, 0.25) is 0 Å². The first kappa shape index (κ1) is 17.7. The second-order valence-corrected chi connectivity index (χ2v) is 6.93. The summed E-state index contributed by atoms with van der Waals surface area (Å²) in [4.78, 5) is 36.6. The summed E-state index contributed by atoms with van der Waals surface area (Å²) in [5.41, 5.74) is 0.775. The van der Waals surface area contributed by atoms with Gasteiger partial charge in [0.25, 0.3) is 11.1 Å². The second kappa shape index (κ2) is 6.35. The number of allylic oxidation sites excluding steroid dienone is 3. The van der Waals surface area contributed by atoms with E-state index in [1.807, 2.05) is 18.2 Å². The summed E-state index contributed by atoms with van der Waals surface area (Å²) in [6.07, 6.45) is 6.23. The highest BCUT2D eigenvalue weighted by Crippen LogP contribution is 2.45. The van der Waals surface area contributed by atoms with Crippen molar-refractivity contribution in [1.29, 1.82) is 0 Å². The van der Waals surface area contributed by atoms with Crippen LogP contribution in [0.4, 0.5) is 0 Å². The van der Waals surface area contributed by atoms with E-state index < -0.39 is 17.1 Å². The lowest BCUT2D eigenvalue weighted by Gasteiger charge is -2.27. The molecule has 1 aliphatic heterocycles. The molecule has 8 nitrogen and oxygen atoms in total. The van der Waals surface area contributed by atoms with Crippen LogP contribution >= 0.6 is 0 Å². The smallest absolute Gasteiger partial charge is 0.336 e. The van der Waals surface area contributed by atoms with Crippen LogP contribution < -0.4 is 15.9 Å². The number of carboxylic acid groups (broad SMARTS) is 1. The van der Waals surface area contributed by atoms with Crippen molar-refractivity contribution in [2.75, 3.05) is 0 Å². The molecule has 0 saturated carbocycles. The largest absolute Gasteiger partial charge is 0.508 e. The molecule has 0 atom stereocenters. The van der Waals surface area contributed by atoms with Gasteiger partial charge in [0, 0.05) is 22.8 Å². The standard InChI is InChI=1S/C22H14N2O6/c25-10-5-6-12-18(7-10)30-17-4-2-1-3-11(17)19(12)13-8-14-15(9-16(13)22(28)29)21(27)24-23-20(14)26/h1,3-9,25H,2H2,(H,23,26)(H,24,27)(H,28,29). The number of phenols is 1. The third-order valence-electron chi connectivity index (χ3n) is 5.15. The molecule has 0 radical (unpaired) electrons. The maximum Gasteiger partial charge on any atom is 0.336 e. The van der Waals surface area contributed by atoms with E-state index in [9.17, 15) is 24.6 Å². The van der Waals surface area contributed by atoms with Gasteiger partial charge in [0.1, 0.15) is 17.3 Å². The summed E-state index contributed by atoms with van der Waals surface area (Å²) in [5.74, 6) is -0.339. The number of hydrogen-bond acceptors (Lipinski definition) is 5. The Morgan fingerprint density at radius 2 is 1.73 bits per heavy atom. The Hall–Kier alpha value is -4.33. The van der Waals surface area contributed by atoms with Crippen molar-refractivity contribution in [3.05, 3.63) is 97.3 Å². The number of aromatic hydroxyl groups is 1. The van der Waals surface area contributed by atoms with Crippen LogP contribution in [0.25, 0.3) is 16.3 Å². The van der Waals surface area contributed by atoms with Gasteiger partial charge in [-0.3, -0.25) is 19.8 Å². The molecule has 8 heteroatoms. The molecule has 5 rings (SSSR count). The number of benzene rings is 2. The van der Waals surface area contributed by atoms with Gasteiger partial charge in [0.2, 0.25) is 0 Å². The minimum Gasteiger partial charge on any atom is -0.508 e. The van der Waals surface area contributed by atoms with Crippen molar-refractivity contribution in [2.24, 2.45) is 0 Å². The Morgan fingerprint density at radius 1 is 1.00 bits per heavy atom. The fraction of sp³-hybridized carbons (Fsp3) is 0.0455. The van der Waals surface area contributed by atoms with Crippen molar-refractivity contribution in [3.8, 4) is 11.5 Å². The van der Waals surface area contributed by atoms with E-state index >= 15 is 0 Å². The SMILES string of the molecule is O=C(O)c1cc2c(=O)[nH][nH]c(=O)c2cc1C1=C2C=CCC=C2Oc2cc(O)ccc21. The summed E-state index contributed by atoms with van der Waals surface area (Å²) < 4.78 is 5.92. The number of fused-ring (bicyclic) bond motifs is 3. The van der Waals surface area contributed by atoms with Crippen LogP contribution in [0.3, 0.4) is 0 Å². The Bertz CT molecular complexity index is 1470. The second-order valence-electron chi connectivity index (χ2n) is 6.93. The molecule has 2 aliphatic rings. The number of aromatic carboxylic acids is 1. The molecular formula is C22H14N2O6. The fourth-order valence-electron chi connectivity index (χ4n) is 3.82. The lowest BCUT2D eigenvalue weighted by atomic mass is 9.84. The maximum atomic E-state index is 12.3. The van der Waals surface area contributed by atoms with Crippen molar-refractivity contribution >= 4 is 22.3 Å². The molecule has 30 heavy (non-hydrogen) atoms. The number of phenolic OH excluding ortho intramolecular Hbond substituents is 1. The quantitative estimate of drug-likeness (QED) is 0.521. The Morgan fingerprint density at radius 3 is 2.47 bits per heavy atom. The summed E-state index contributed by atoms with van der Waals surface area (Å²) in [6, 6.07) is 7.18. The van der Waals surface area contributed by atoms with Crippen molar-refractivity contribution in [3.63, 3.8) is 0 Å². The molecule has 3 aromatic rings. The van der Waals surface area contributed by atoms with Crippen molar-refractivity contribution in [1.82, 2.24) is 10.2 Å². The Labute approximate surface area is 168 Å². The number of ether oxygens (including phenoxy) is 1. The monoisotopic (exact) mass is 402 g/mol. The van der Waals surface area contributed by atoms with Crippen LogP contribution in [0.5, 0.6) is 11.5 Å². The zero-order chi connectivity index (χ0) is 21.0. The first-order chi connectivity index (χ1) is 14.4. The molecule has 2 heterocycles. The lowest BCUT2D eigenvalue weighted by molar-refractivity contribution is 0.0696.